The maximum atomic E-state index is 12.7. The number of ketones is 1. The third-order valence-corrected chi connectivity index (χ3v) is 3.14. The summed E-state index contributed by atoms with van der Waals surface area (Å²) in [6.07, 6.45) is -3.45. The number of benzene rings is 1. The maximum absolute atomic E-state index is 12.7. The molecule has 0 saturated carbocycles. The van der Waals surface area contributed by atoms with Gasteiger partial charge in [0.05, 0.1) is 11.5 Å². The highest BCUT2D eigenvalue weighted by Crippen LogP contribution is 2.32. The topological polar surface area (TPSA) is 66.7 Å². The molecule has 0 bridgehead atoms. The minimum Gasteiger partial charge on any atom is -0.477 e. The number of halogens is 3. The highest BCUT2D eigenvalue weighted by Gasteiger charge is 2.33. The van der Waals surface area contributed by atoms with Gasteiger partial charge in [0.25, 0.3) is 0 Å². The first-order valence-corrected chi connectivity index (χ1v) is 5.91. The Balaban J connectivity index is 2.40. The van der Waals surface area contributed by atoms with E-state index in [9.17, 15) is 22.8 Å². The summed E-state index contributed by atoms with van der Waals surface area (Å²) in [7, 11) is 0. The van der Waals surface area contributed by atoms with Crippen molar-refractivity contribution in [2.24, 2.45) is 4.99 Å². The maximum Gasteiger partial charge on any atom is 0.416 e. The minimum absolute atomic E-state index is 0.0765. The highest BCUT2D eigenvalue weighted by molar-refractivity contribution is 6.15. The third-order valence-electron chi connectivity index (χ3n) is 3.14. The van der Waals surface area contributed by atoms with E-state index in [2.05, 4.69) is 4.99 Å². The first kappa shape index (κ1) is 15.0. The third kappa shape index (κ3) is 2.86. The Morgan fingerprint density at radius 1 is 1.33 bits per heavy atom. The Kier molecular flexibility index (Phi) is 3.67. The standard InChI is InChI=1S/C14H10F3NO3/c1-7-11(13(20)21)18-6-10(12(7)19)8-3-2-4-9(5-8)14(15,16)17/h2-6,10H,1H3,(H,20,21). The summed E-state index contributed by atoms with van der Waals surface area (Å²) in [5.74, 6) is -2.92. The van der Waals surface area contributed by atoms with Gasteiger partial charge in [-0.15, -0.1) is 0 Å². The second-order valence-corrected chi connectivity index (χ2v) is 4.52. The molecule has 0 radical (unpaired) electrons. The van der Waals surface area contributed by atoms with Crippen LogP contribution in [-0.2, 0) is 15.8 Å². The molecule has 2 rings (SSSR count). The molecular formula is C14H10F3NO3. The molecule has 0 amide bonds. The zero-order chi connectivity index (χ0) is 15.8. The first-order valence-electron chi connectivity index (χ1n) is 5.91. The molecule has 7 heteroatoms. The number of nitrogens with zero attached hydrogens (tertiary/aromatic N) is 1. The Morgan fingerprint density at radius 3 is 2.57 bits per heavy atom. The second kappa shape index (κ2) is 5.16. The first-order chi connectivity index (χ1) is 9.71. The number of hydrogen-bond acceptors (Lipinski definition) is 3. The number of alkyl halides is 3. The van der Waals surface area contributed by atoms with E-state index in [1.54, 1.807) is 0 Å². The Morgan fingerprint density at radius 2 is 2.00 bits per heavy atom. The lowest BCUT2D eigenvalue weighted by Gasteiger charge is -2.18. The van der Waals surface area contributed by atoms with Gasteiger partial charge >= 0.3 is 12.1 Å². The lowest BCUT2D eigenvalue weighted by Crippen LogP contribution is -2.22. The molecule has 110 valence electrons. The lowest BCUT2D eigenvalue weighted by atomic mass is 9.88. The molecule has 0 aromatic heterocycles. The molecule has 1 atom stereocenters. The van der Waals surface area contributed by atoms with Gasteiger partial charge in [-0.3, -0.25) is 9.79 Å². The van der Waals surface area contributed by atoms with Crippen LogP contribution in [0.15, 0.2) is 40.5 Å². The van der Waals surface area contributed by atoms with Crippen LogP contribution >= 0.6 is 0 Å². The van der Waals surface area contributed by atoms with Crippen LogP contribution in [0.5, 0.6) is 0 Å². The largest absolute Gasteiger partial charge is 0.477 e. The molecule has 1 N–H and O–H groups in total. The monoisotopic (exact) mass is 297 g/mol. The van der Waals surface area contributed by atoms with E-state index in [1.165, 1.54) is 19.1 Å². The van der Waals surface area contributed by atoms with Crippen LogP contribution in [0.3, 0.4) is 0 Å². The van der Waals surface area contributed by atoms with Gasteiger partial charge in [-0.2, -0.15) is 13.2 Å². The van der Waals surface area contributed by atoms with Crippen molar-refractivity contribution < 1.29 is 27.9 Å². The molecule has 1 aliphatic rings. The number of carbonyl (C=O) groups is 2. The fourth-order valence-electron chi connectivity index (χ4n) is 2.03. The number of hydrogen-bond donors (Lipinski definition) is 1. The van der Waals surface area contributed by atoms with E-state index >= 15 is 0 Å². The van der Waals surface area contributed by atoms with Crippen LogP contribution in [0, 0.1) is 0 Å². The number of rotatable bonds is 2. The summed E-state index contributed by atoms with van der Waals surface area (Å²) in [4.78, 5) is 26.6. The Bertz CT molecular complexity index is 674. The lowest BCUT2D eigenvalue weighted by molar-refractivity contribution is -0.137. The fourth-order valence-corrected chi connectivity index (χ4v) is 2.03. The molecule has 1 unspecified atom stereocenters. The van der Waals surface area contributed by atoms with Crippen molar-refractivity contribution in [3.05, 3.63) is 46.7 Å². The average molecular weight is 297 g/mol. The number of allylic oxidation sites excluding steroid dienone is 1. The summed E-state index contributed by atoms with van der Waals surface area (Å²) in [6.45, 7) is 1.29. The van der Waals surface area contributed by atoms with Gasteiger partial charge in [0.15, 0.2) is 11.5 Å². The highest BCUT2D eigenvalue weighted by atomic mass is 19.4. The van der Waals surface area contributed by atoms with E-state index in [1.807, 2.05) is 0 Å². The van der Waals surface area contributed by atoms with E-state index < -0.39 is 29.4 Å². The quantitative estimate of drug-likeness (QED) is 0.912. The molecule has 21 heavy (non-hydrogen) atoms. The second-order valence-electron chi connectivity index (χ2n) is 4.52. The van der Waals surface area contributed by atoms with Crippen LogP contribution in [0.1, 0.15) is 24.0 Å². The number of Topliss-reactive ketones (excluding diaryl/α,β-unsaturated/α-hetero) is 1. The molecule has 1 aliphatic heterocycles. The predicted octanol–water partition coefficient (Wildman–Crippen LogP) is 2.80. The number of carboxylic acids is 1. The Hall–Kier alpha value is -2.44. The van der Waals surface area contributed by atoms with E-state index in [4.69, 9.17) is 5.11 Å². The number of aliphatic imine (C=N–C) groups is 1. The van der Waals surface area contributed by atoms with Gasteiger partial charge in [-0.05, 0) is 18.6 Å². The van der Waals surface area contributed by atoms with Crippen molar-refractivity contribution in [3.63, 3.8) is 0 Å². The molecule has 1 heterocycles. The smallest absolute Gasteiger partial charge is 0.416 e. The van der Waals surface area contributed by atoms with Crippen molar-refractivity contribution in [2.45, 2.75) is 19.0 Å². The molecule has 0 fully saturated rings. The Labute approximate surface area is 117 Å². The summed E-state index contributed by atoms with van der Waals surface area (Å²) in [5.41, 5.74) is -1.20. The zero-order valence-corrected chi connectivity index (χ0v) is 10.8. The van der Waals surface area contributed by atoms with Gasteiger partial charge in [-0.1, -0.05) is 18.2 Å². The van der Waals surface area contributed by atoms with Gasteiger partial charge in [0.2, 0.25) is 0 Å². The van der Waals surface area contributed by atoms with Gasteiger partial charge in [-0.25, -0.2) is 4.79 Å². The van der Waals surface area contributed by atoms with E-state index in [0.29, 0.717) is 0 Å². The van der Waals surface area contributed by atoms with Crippen LogP contribution in [-0.4, -0.2) is 23.1 Å². The van der Waals surface area contributed by atoms with Crippen molar-refractivity contribution >= 4 is 18.0 Å². The van der Waals surface area contributed by atoms with Gasteiger partial charge in [0.1, 0.15) is 0 Å². The number of carboxylic acid groups (broad SMARTS) is 1. The molecule has 0 spiro atoms. The van der Waals surface area contributed by atoms with Crippen LogP contribution in [0.25, 0.3) is 0 Å². The minimum atomic E-state index is -4.51. The molecule has 4 nitrogen and oxygen atoms in total. The average Bonchev–Trinajstić information content (AvgIpc) is 2.40. The molecule has 0 saturated heterocycles. The zero-order valence-electron chi connectivity index (χ0n) is 10.8. The summed E-state index contributed by atoms with van der Waals surface area (Å²) in [6, 6.07) is 4.35. The molecule has 1 aromatic rings. The van der Waals surface area contributed by atoms with E-state index in [-0.39, 0.29) is 16.8 Å². The molecule has 0 aliphatic carbocycles. The van der Waals surface area contributed by atoms with Gasteiger partial charge in [0, 0.05) is 11.8 Å². The van der Waals surface area contributed by atoms with Gasteiger partial charge < -0.3 is 5.11 Å². The normalized spacial score (nSPS) is 19.0. The summed E-state index contributed by atoms with van der Waals surface area (Å²) in [5, 5.41) is 8.86. The van der Waals surface area contributed by atoms with E-state index in [0.717, 1.165) is 18.3 Å². The predicted molar refractivity (Wildman–Crippen MR) is 68.0 cm³/mol. The van der Waals surface area contributed by atoms with Crippen molar-refractivity contribution in [1.82, 2.24) is 0 Å². The van der Waals surface area contributed by atoms with Crippen LogP contribution in [0.4, 0.5) is 13.2 Å². The number of aliphatic carboxylic acids is 1. The number of carbonyl (C=O) groups excluding carboxylic acids is 1. The SMILES string of the molecule is CC1=C(C(=O)O)N=CC(c2cccc(C(F)(F)F)c2)C1=O. The molecular weight excluding hydrogens is 287 g/mol. The van der Waals surface area contributed by atoms with Crippen molar-refractivity contribution in [3.8, 4) is 0 Å². The summed E-state index contributed by atoms with van der Waals surface area (Å²) >= 11 is 0. The van der Waals surface area contributed by atoms with Crippen molar-refractivity contribution in [2.75, 3.05) is 0 Å². The fraction of sp³-hybridized carbons (Fsp3) is 0.214. The summed E-state index contributed by atoms with van der Waals surface area (Å²) < 4.78 is 38.0. The molecule has 1 aromatic carbocycles. The van der Waals surface area contributed by atoms with Crippen LogP contribution in [0.2, 0.25) is 0 Å². The van der Waals surface area contributed by atoms with Crippen LogP contribution < -0.4 is 0 Å². The van der Waals surface area contributed by atoms with Crippen molar-refractivity contribution in [1.29, 1.82) is 0 Å².